The number of rotatable bonds is 24. The average Bonchev–Trinajstić information content (AvgIpc) is 2.82. The van der Waals surface area contributed by atoms with Crippen LogP contribution >= 0.6 is 0 Å². The fraction of sp³-hybridized carbons (Fsp3) is 0.929. The molecule has 0 saturated carbocycles. The molecule has 0 radical (unpaired) electrons. The van der Waals surface area contributed by atoms with E-state index in [0.29, 0.717) is 6.42 Å². The van der Waals surface area contributed by atoms with Crippen molar-refractivity contribution in [2.24, 2.45) is 0 Å². The topological polar surface area (TPSA) is 75.6 Å². The van der Waals surface area contributed by atoms with Crippen molar-refractivity contribution in [3.8, 4) is 0 Å². The molecule has 34 heavy (non-hydrogen) atoms. The van der Waals surface area contributed by atoms with Crippen molar-refractivity contribution in [2.45, 2.75) is 161 Å². The normalized spacial score (nSPS) is 13.9. The number of unbranched alkanes of at least 4 members (excludes halogenated alkanes) is 15. The Labute approximate surface area is 209 Å². The van der Waals surface area contributed by atoms with Crippen molar-refractivity contribution in [1.82, 2.24) is 5.32 Å². The Morgan fingerprint density at radius 3 is 1.65 bits per heavy atom. The third-order valence-electron chi connectivity index (χ3n) is 6.41. The van der Waals surface area contributed by atoms with Crippen LogP contribution in [0.2, 0.25) is 0 Å². The maximum absolute atomic E-state index is 14.7. The molecule has 0 heterocycles. The number of hydrogen-bond acceptors (Lipinski definition) is 4. The van der Waals surface area contributed by atoms with Crippen molar-refractivity contribution in [3.63, 3.8) is 0 Å². The second-order valence-corrected chi connectivity index (χ2v) is 9.65. The summed E-state index contributed by atoms with van der Waals surface area (Å²) in [6, 6.07) is -1.35. The van der Waals surface area contributed by atoms with Gasteiger partial charge in [0.2, 0.25) is 5.91 Å². The highest BCUT2D eigenvalue weighted by Crippen LogP contribution is 2.17. The summed E-state index contributed by atoms with van der Waals surface area (Å²) in [6.45, 7) is 6.13. The standard InChI is InChI=1S/C28H54FNO4/c1-4-7-9-11-12-13-14-15-16-17-19-20-22-24(29)27(32)26(28(33)34-6-3)30-25(31)23-21-18-10-8-5-2/h24,26-27,32H,4-23H2,1-3H3,(H,30,31)/t24-,26+,27+/m1/s1. The lowest BCUT2D eigenvalue weighted by Crippen LogP contribution is -2.52. The molecule has 0 aliphatic carbocycles. The number of esters is 1. The van der Waals surface area contributed by atoms with Crippen molar-refractivity contribution in [1.29, 1.82) is 0 Å². The van der Waals surface area contributed by atoms with Crippen LogP contribution in [0.3, 0.4) is 0 Å². The zero-order valence-electron chi connectivity index (χ0n) is 22.4. The van der Waals surface area contributed by atoms with Gasteiger partial charge in [0.15, 0.2) is 6.04 Å². The largest absolute Gasteiger partial charge is 0.464 e. The molecule has 0 aliphatic rings. The zero-order valence-corrected chi connectivity index (χ0v) is 22.4. The lowest BCUT2D eigenvalue weighted by Gasteiger charge is -2.25. The third-order valence-corrected chi connectivity index (χ3v) is 6.41. The molecule has 0 fully saturated rings. The predicted octanol–water partition coefficient (Wildman–Crippen LogP) is 7.19. The molecule has 6 heteroatoms. The Bertz CT molecular complexity index is 489. The first kappa shape index (κ1) is 32.8. The number of hydrogen-bond donors (Lipinski definition) is 2. The Balaban J connectivity index is 4.16. The number of amides is 1. The maximum Gasteiger partial charge on any atom is 0.331 e. The zero-order chi connectivity index (χ0) is 25.4. The first-order valence-electron chi connectivity index (χ1n) is 14.3. The minimum absolute atomic E-state index is 0.116. The quantitative estimate of drug-likeness (QED) is 0.112. The van der Waals surface area contributed by atoms with E-state index in [-0.39, 0.29) is 25.4 Å². The Kier molecular flexibility index (Phi) is 22.8. The van der Waals surface area contributed by atoms with E-state index in [1.807, 2.05) is 0 Å². The van der Waals surface area contributed by atoms with Crippen LogP contribution in [-0.2, 0) is 14.3 Å². The minimum atomic E-state index is -1.59. The number of nitrogens with one attached hydrogen (secondary N) is 1. The predicted molar refractivity (Wildman–Crippen MR) is 139 cm³/mol. The van der Waals surface area contributed by atoms with Gasteiger partial charge in [-0.3, -0.25) is 4.79 Å². The molecular weight excluding hydrogens is 433 g/mol. The van der Waals surface area contributed by atoms with E-state index in [0.717, 1.165) is 51.4 Å². The summed E-state index contributed by atoms with van der Waals surface area (Å²) in [6.07, 6.45) is 16.6. The number of aliphatic hydroxyl groups is 1. The molecule has 0 aromatic rings. The molecule has 0 aromatic carbocycles. The third kappa shape index (κ3) is 18.2. The fourth-order valence-corrected chi connectivity index (χ4v) is 4.21. The minimum Gasteiger partial charge on any atom is -0.464 e. The Morgan fingerprint density at radius 1 is 0.735 bits per heavy atom. The highest BCUT2D eigenvalue weighted by molar-refractivity contribution is 5.85. The van der Waals surface area contributed by atoms with Gasteiger partial charge in [0, 0.05) is 6.42 Å². The fourth-order valence-electron chi connectivity index (χ4n) is 4.21. The van der Waals surface area contributed by atoms with Crippen LogP contribution in [0.15, 0.2) is 0 Å². The lowest BCUT2D eigenvalue weighted by molar-refractivity contribution is -0.152. The van der Waals surface area contributed by atoms with E-state index in [4.69, 9.17) is 4.74 Å². The number of aliphatic hydroxyl groups excluding tert-OH is 1. The van der Waals surface area contributed by atoms with Crippen LogP contribution in [0, 0.1) is 0 Å². The van der Waals surface area contributed by atoms with Gasteiger partial charge in [-0.25, -0.2) is 9.18 Å². The second kappa shape index (κ2) is 23.6. The van der Waals surface area contributed by atoms with Gasteiger partial charge >= 0.3 is 5.97 Å². The Morgan fingerprint density at radius 2 is 1.18 bits per heavy atom. The molecule has 1 amide bonds. The maximum atomic E-state index is 14.7. The summed E-state index contributed by atoms with van der Waals surface area (Å²) in [5.41, 5.74) is 0. The van der Waals surface area contributed by atoms with Crippen molar-refractivity contribution < 1.29 is 23.8 Å². The van der Waals surface area contributed by atoms with E-state index in [2.05, 4.69) is 19.2 Å². The van der Waals surface area contributed by atoms with Gasteiger partial charge in [0.25, 0.3) is 0 Å². The SMILES string of the molecule is CCCCCCCCCCCCCC[C@@H](F)[C@H](O)[C@H](NC(=O)CCCCCCC)C(=O)OCC. The van der Waals surface area contributed by atoms with Gasteiger partial charge in [-0.15, -0.1) is 0 Å². The van der Waals surface area contributed by atoms with E-state index in [1.54, 1.807) is 6.92 Å². The number of carbonyl (C=O) groups is 2. The van der Waals surface area contributed by atoms with Crippen LogP contribution < -0.4 is 5.32 Å². The van der Waals surface area contributed by atoms with Crippen LogP contribution in [0.25, 0.3) is 0 Å². The van der Waals surface area contributed by atoms with E-state index in [9.17, 15) is 19.1 Å². The van der Waals surface area contributed by atoms with Gasteiger partial charge in [-0.2, -0.15) is 0 Å². The van der Waals surface area contributed by atoms with Crippen molar-refractivity contribution in [3.05, 3.63) is 0 Å². The van der Waals surface area contributed by atoms with E-state index < -0.39 is 24.3 Å². The first-order chi connectivity index (χ1) is 16.5. The average molecular weight is 488 g/mol. The van der Waals surface area contributed by atoms with Gasteiger partial charge in [0.1, 0.15) is 12.3 Å². The van der Waals surface area contributed by atoms with E-state index >= 15 is 0 Å². The van der Waals surface area contributed by atoms with Gasteiger partial charge in [-0.1, -0.05) is 117 Å². The molecule has 0 aromatic heterocycles. The van der Waals surface area contributed by atoms with Gasteiger partial charge < -0.3 is 15.2 Å². The smallest absolute Gasteiger partial charge is 0.331 e. The highest BCUT2D eigenvalue weighted by atomic mass is 19.1. The van der Waals surface area contributed by atoms with Crippen LogP contribution in [-0.4, -0.2) is 41.9 Å². The van der Waals surface area contributed by atoms with Crippen molar-refractivity contribution in [2.75, 3.05) is 6.61 Å². The summed E-state index contributed by atoms with van der Waals surface area (Å²) in [7, 11) is 0. The van der Waals surface area contributed by atoms with Crippen LogP contribution in [0.4, 0.5) is 4.39 Å². The molecule has 0 aliphatic heterocycles. The summed E-state index contributed by atoms with van der Waals surface area (Å²) >= 11 is 0. The first-order valence-corrected chi connectivity index (χ1v) is 14.3. The number of carbonyl (C=O) groups excluding carboxylic acids is 2. The molecular formula is C28H54FNO4. The molecule has 5 nitrogen and oxygen atoms in total. The molecule has 0 bridgehead atoms. The van der Waals surface area contributed by atoms with Gasteiger partial charge in [0.05, 0.1) is 6.61 Å². The molecule has 0 unspecified atom stereocenters. The molecule has 0 spiro atoms. The highest BCUT2D eigenvalue weighted by Gasteiger charge is 2.35. The summed E-state index contributed by atoms with van der Waals surface area (Å²) in [5.74, 6) is -1.11. The monoisotopic (exact) mass is 487 g/mol. The van der Waals surface area contributed by atoms with E-state index in [1.165, 1.54) is 51.4 Å². The molecule has 202 valence electrons. The number of halogens is 1. The van der Waals surface area contributed by atoms with Crippen LogP contribution in [0.5, 0.6) is 0 Å². The summed E-state index contributed by atoms with van der Waals surface area (Å²) < 4.78 is 19.7. The summed E-state index contributed by atoms with van der Waals surface area (Å²) in [5, 5.41) is 13.0. The lowest BCUT2D eigenvalue weighted by atomic mass is 9.99. The molecule has 2 N–H and O–H groups in total. The second-order valence-electron chi connectivity index (χ2n) is 9.65. The number of alkyl halides is 1. The summed E-state index contributed by atoms with van der Waals surface area (Å²) in [4.78, 5) is 24.5. The Hall–Kier alpha value is -1.17. The number of ether oxygens (including phenoxy) is 1. The molecule has 0 rings (SSSR count). The van der Waals surface area contributed by atoms with Gasteiger partial charge in [-0.05, 0) is 19.8 Å². The van der Waals surface area contributed by atoms with Crippen LogP contribution in [0.1, 0.15) is 143 Å². The molecule has 3 atom stereocenters. The van der Waals surface area contributed by atoms with Crippen molar-refractivity contribution >= 4 is 11.9 Å². The molecule has 0 saturated heterocycles.